The van der Waals surface area contributed by atoms with E-state index >= 15 is 0 Å². The molecule has 98 valence electrons. The molecule has 19 heavy (non-hydrogen) atoms. The summed E-state index contributed by atoms with van der Waals surface area (Å²) in [5, 5.41) is 3.63. The van der Waals surface area contributed by atoms with Gasteiger partial charge in [0, 0.05) is 15.2 Å². The lowest BCUT2D eigenvalue weighted by atomic mass is 10.2. The zero-order chi connectivity index (χ0) is 14.0. The molecule has 0 unspecified atom stereocenters. The van der Waals surface area contributed by atoms with E-state index in [0.29, 0.717) is 15.6 Å². The third-order valence-corrected chi connectivity index (χ3v) is 4.03. The number of rotatable bonds is 2. The molecule has 0 saturated heterocycles. The topological polar surface area (TPSA) is 29.1 Å². The highest BCUT2D eigenvalue weighted by molar-refractivity contribution is 9.10. The van der Waals surface area contributed by atoms with Crippen LogP contribution >= 0.6 is 39.1 Å². The van der Waals surface area contributed by atoms with Crippen LogP contribution < -0.4 is 5.32 Å². The summed E-state index contributed by atoms with van der Waals surface area (Å²) >= 11 is 15.2. The van der Waals surface area contributed by atoms with Crippen LogP contribution in [0.5, 0.6) is 0 Å². The Hall–Kier alpha value is -1.03. The van der Waals surface area contributed by atoms with E-state index in [-0.39, 0.29) is 5.91 Å². The third-order valence-electron chi connectivity index (χ3n) is 2.59. The van der Waals surface area contributed by atoms with Gasteiger partial charge in [-0.2, -0.15) is 0 Å². The zero-order valence-corrected chi connectivity index (χ0v) is 13.1. The molecule has 1 amide bonds. The molecule has 0 aliphatic heterocycles. The molecule has 0 fully saturated rings. The van der Waals surface area contributed by atoms with Crippen LogP contribution in [-0.4, -0.2) is 5.91 Å². The quantitative estimate of drug-likeness (QED) is 0.773. The van der Waals surface area contributed by atoms with Crippen molar-refractivity contribution in [3.63, 3.8) is 0 Å². The molecule has 2 aromatic rings. The standard InChI is InChI=1S/C14H10BrCl2NO/c1-8-6-10(3-5-12(8)15)18-14(19)11-4-2-9(16)7-13(11)17/h2-7H,1H3,(H,18,19). The molecule has 0 aliphatic rings. The Labute approximate surface area is 129 Å². The molecule has 1 N–H and O–H groups in total. The van der Waals surface area contributed by atoms with Gasteiger partial charge in [-0.1, -0.05) is 39.1 Å². The van der Waals surface area contributed by atoms with E-state index in [2.05, 4.69) is 21.2 Å². The lowest BCUT2D eigenvalue weighted by Gasteiger charge is -2.08. The molecule has 0 saturated carbocycles. The summed E-state index contributed by atoms with van der Waals surface area (Å²) in [6, 6.07) is 10.4. The van der Waals surface area contributed by atoms with Crippen molar-refractivity contribution >= 4 is 50.7 Å². The largest absolute Gasteiger partial charge is 0.322 e. The monoisotopic (exact) mass is 357 g/mol. The van der Waals surface area contributed by atoms with Crippen molar-refractivity contribution in [2.24, 2.45) is 0 Å². The molecular weight excluding hydrogens is 349 g/mol. The summed E-state index contributed by atoms with van der Waals surface area (Å²) in [7, 11) is 0. The Balaban J connectivity index is 2.23. The zero-order valence-electron chi connectivity index (χ0n) is 10.0. The van der Waals surface area contributed by atoms with Crippen LogP contribution in [0.1, 0.15) is 15.9 Å². The summed E-state index contributed by atoms with van der Waals surface area (Å²) in [5.74, 6) is -0.261. The first-order valence-corrected chi connectivity index (χ1v) is 7.05. The second kappa shape index (κ2) is 5.95. The van der Waals surface area contributed by atoms with E-state index in [9.17, 15) is 4.79 Å². The van der Waals surface area contributed by atoms with Gasteiger partial charge in [-0.05, 0) is 48.9 Å². The van der Waals surface area contributed by atoms with Crippen LogP contribution in [-0.2, 0) is 0 Å². The molecule has 0 atom stereocenters. The van der Waals surface area contributed by atoms with Crippen molar-refractivity contribution < 1.29 is 4.79 Å². The Morgan fingerprint density at radius 3 is 2.53 bits per heavy atom. The summed E-state index contributed by atoms with van der Waals surface area (Å²) < 4.78 is 0.995. The van der Waals surface area contributed by atoms with Gasteiger partial charge in [-0.3, -0.25) is 4.79 Å². The highest BCUT2D eigenvalue weighted by Gasteiger charge is 2.11. The molecule has 5 heteroatoms. The Morgan fingerprint density at radius 1 is 1.16 bits per heavy atom. The van der Waals surface area contributed by atoms with Crippen LogP contribution in [0.2, 0.25) is 10.0 Å². The van der Waals surface area contributed by atoms with Gasteiger partial charge < -0.3 is 5.32 Å². The van der Waals surface area contributed by atoms with Gasteiger partial charge in [-0.25, -0.2) is 0 Å². The average molecular weight is 359 g/mol. The molecule has 2 nitrogen and oxygen atoms in total. The molecule has 0 spiro atoms. The number of carbonyl (C=O) groups is 1. The fourth-order valence-corrected chi connectivity index (χ4v) is 2.34. The lowest BCUT2D eigenvalue weighted by Crippen LogP contribution is -2.12. The second-order valence-electron chi connectivity index (χ2n) is 4.04. The summed E-state index contributed by atoms with van der Waals surface area (Å²) in [6.07, 6.45) is 0. The van der Waals surface area contributed by atoms with Crippen molar-refractivity contribution in [2.45, 2.75) is 6.92 Å². The van der Waals surface area contributed by atoms with Gasteiger partial charge in [0.25, 0.3) is 5.91 Å². The number of hydrogen-bond acceptors (Lipinski definition) is 1. The summed E-state index contributed by atoms with van der Waals surface area (Å²) in [5.41, 5.74) is 2.16. The number of benzene rings is 2. The first-order valence-electron chi connectivity index (χ1n) is 5.50. The minimum absolute atomic E-state index is 0.261. The molecular formula is C14H10BrCl2NO. The number of carbonyl (C=O) groups excluding carboxylic acids is 1. The molecule has 0 aliphatic carbocycles. The van der Waals surface area contributed by atoms with Crippen LogP contribution in [0.25, 0.3) is 0 Å². The van der Waals surface area contributed by atoms with Crippen LogP contribution in [0.15, 0.2) is 40.9 Å². The van der Waals surface area contributed by atoms with E-state index in [1.54, 1.807) is 18.2 Å². The SMILES string of the molecule is Cc1cc(NC(=O)c2ccc(Cl)cc2Cl)ccc1Br. The first kappa shape index (κ1) is 14.4. The van der Waals surface area contributed by atoms with Crippen molar-refractivity contribution in [1.29, 1.82) is 0 Å². The fraction of sp³-hybridized carbons (Fsp3) is 0.0714. The van der Waals surface area contributed by atoms with Crippen molar-refractivity contribution in [3.8, 4) is 0 Å². The van der Waals surface area contributed by atoms with E-state index in [1.165, 1.54) is 0 Å². The maximum Gasteiger partial charge on any atom is 0.257 e. The van der Waals surface area contributed by atoms with Gasteiger partial charge >= 0.3 is 0 Å². The number of halogens is 3. The number of aryl methyl sites for hydroxylation is 1. The van der Waals surface area contributed by atoms with Gasteiger partial charge in [0.2, 0.25) is 0 Å². The smallest absolute Gasteiger partial charge is 0.257 e. The molecule has 2 rings (SSSR count). The van der Waals surface area contributed by atoms with Crippen molar-refractivity contribution in [3.05, 3.63) is 62.0 Å². The summed E-state index contributed by atoms with van der Waals surface area (Å²) in [6.45, 7) is 1.95. The Kier molecular flexibility index (Phi) is 4.50. The van der Waals surface area contributed by atoms with E-state index in [0.717, 1.165) is 15.7 Å². The van der Waals surface area contributed by atoms with Crippen molar-refractivity contribution in [2.75, 3.05) is 5.32 Å². The molecule has 0 heterocycles. The van der Waals surface area contributed by atoms with Gasteiger partial charge in [-0.15, -0.1) is 0 Å². The second-order valence-corrected chi connectivity index (χ2v) is 5.74. The fourth-order valence-electron chi connectivity index (χ4n) is 1.59. The first-order chi connectivity index (χ1) is 8.97. The Morgan fingerprint density at radius 2 is 1.89 bits per heavy atom. The number of anilines is 1. The highest BCUT2D eigenvalue weighted by Crippen LogP contribution is 2.24. The van der Waals surface area contributed by atoms with E-state index in [1.807, 2.05) is 25.1 Å². The molecule has 0 aromatic heterocycles. The minimum atomic E-state index is -0.261. The van der Waals surface area contributed by atoms with Crippen molar-refractivity contribution in [1.82, 2.24) is 0 Å². The van der Waals surface area contributed by atoms with Crippen LogP contribution in [0.4, 0.5) is 5.69 Å². The number of hydrogen-bond donors (Lipinski definition) is 1. The molecule has 2 aromatic carbocycles. The number of amides is 1. The van der Waals surface area contributed by atoms with E-state index in [4.69, 9.17) is 23.2 Å². The predicted molar refractivity (Wildman–Crippen MR) is 83.3 cm³/mol. The van der Waals surface area contributed by atoms with Crippen LogP contribution in [0.3, 0.4) is 0 Å². The van der Waals surface area contributed by atoms with Gasteiger partial charge in [0.15, 0.2) is 0 Å². The highest BCUT2D eigenvalue weighted by atomic mass is 79.9. The number of nitrogens with one attached hydrogen (secondary N) is 1. The normalized spacial score (nSPS) is 10.3. The maximum atomic E-state index is 12.1. The third kappa shape index (κ3) is 3.50. The molecule has 0 bridgehead atoms. The maximum absolute atomic E-state index is 12.1. The summed E-state index contributed by atoms with van der Waals surface area (Å²) in [4.78, 5) is 12.1. The van der Waals surface area contributed by atoms with Gasteiger partial charge in [0.1, 0.15) is 0 Å². The Bertz CT molecular complexity index is 643. The van der Waals surface area contributed by atoms with E-state index < -0.39 is 0 Å². The van der Waals surface area contributed by atoms with Gasteiger partial charge in [0.05, 0.1) is 10.6 Å². The average Bonchev–Trinajstić information content (AvgIpc) is 2.33. The predicted octanol–water partition coefficient (Wildman–Crippen LogP) is 5.32. The lowest BCUT2D eigenvalue weighted by molar-refractivity contribution is 0.102. The molecule has 0 radical (unpaired) electrons. The minimum Gasteiger partial charge on any atom is -0.322 e. The van der Waals surface area contributed by atoms with Crippen LogP contribution in [0, 0.1) is 6.92 Å².